The molecule has 172 valence electrons. The Balaban J connectivity index is 1.49. The van der Waals surface area contributed by atoms with E-state index in [1.165, 1.54) is 0 Å². The minimum atomic E-state index is -3.75. The SMILES string of the molecule is CC(C(=O)Nc1ccc(Cc2ccncc2)cc1)N(c1ccc2c(c1)OCCO2)S(C)(=O)=O. The molecule has 0 saturated carbocycles. The van der Waals surface area contributed by atoms with Gasteiger partial charge in [-0.3, -0.25) is 14.1 Å². The Morgan fingerprint density at radius 2 is 1.64 bits per heavy atom. The van der Waals surface area contributed by atoms with Gasteiger partial charge in [0.05, 0.1) is 11.9 Å². The Morgan fingerprint density at radius 1 is 1.00 bits per heavy atom. The molecule has 1 aliphatic rings. The van der Waals surface area contributed by atoms with Gasteiger partial charge in [0, 0.05) is 24.1 Å². The van der Waals surface area contributed by atoms with Crippen LogP contribution in [0, 0.1) is 0 Å². The van der Waals surface area contributed by atoms with Crippen molar-refractivity contribution in [3.05, 3.63) is 78.1 Å². The first-order chi connectivity index (χ1) is 15.8. The number of nitrogens with one attached hydrogen (secondary N) is 1. The summed E-state index contributed by atoms with van der Waals surface area (Å²) in [6.45, 7) is 2.36. The second-order valence-corrected chi connectivity index (χ2v) is 9.64. The van der Waals surface area contributed by atoms with Gasteiger partial charge in [0.2, 0.25) is 15.9 Å². The summed E-state index contributed by atoms with van der Waals surface area (Å²) < 4.78 is 37.3. The van der Waals surface area contributed by atoms with Gasteiger partial charge in [-0.2, -0.15) is 0 Å². The second-order valence-electron chi connectivity index (χ2n) is 7.78. The maximum atomic E-state index is 13.0. The summed E-state index contributed by atoms with van der Waals surface area (Å²) in [5, 5.41) is 2.81. The molecule has 8 nitrogen and oxygen atoms in total. The van der Waals surface area contributed by atoms with Crippen LogP contribution in [0.3, 0.4) is 0 Å². The van der Waals surface area contributed by atoms with Gasteiger partial charge in [0.25, 0.3) is 0 Å². The molecule has 1 aliphatic heterocycles. The number of aromatic nitrogens is 1. The highest BCUT2D eigenvalue weighted by atomic mass is 32.2. The number of ether oxygens (including phenoxy) is 2. The van der Waals surface area contributed by atoms with E-state index in [4.69, 9.17) is 9.47 Å². The molecule has 0 aliphatic carbocycles. The van der Waals surface area contributed by atoms with Crippen LogP contribution in [-0.2, 0) is 21.2 Å². The smallest absolute Gasteiger partial charge is 0.247 e. The van der Waals surface area contributed by atoms with Crippen LogP contribution in [0.1, 0.15) is 18.1 Å². The van der Waals surface area contributed by atoms with Crippen LogP contribution in [0.4, 0.5) is 11.4 Å². The number of carbonyl (C=O) groups is 1. The van der Waals surface area contributed by atoms with Crippen molar-refractivity contribution in [2.24, 2.45) is 0 Å². The van der Waals surface area contributed by atoms with Crippen molar-refractivity contribution in [3.63, 3.8) is 0 Å². The summed E-state index contributed by atoms with van der Waals surface area (Å²) >= 11 is 0. The maximum Gasteiger partial charge on any atom is 0.247 e. The van der Waals surface area contributed by atoms with Crippen LogP contribution >= 0.6 is 0 Å². The van der Waals surface area contributed by atoms with Crippen molar-refractivity contribution in [1.29, 1.82) is 0 Å². The Kier molecular flexibility index (Phi) is 6.50. The monoisotopic (exact) mass is 467 g/mol. The van der Waals surface area contributed by atoms with Crippen LogP contribution < -0.4 is 19.1 Å². The number of hydrogen-bond acceptors (Lipinski definition) is 6. The van der Waals surface area contributed by atoms with E-state index in [0.717, 1.165) is 28.1 Å². The number of benzene rings is 2. The maximum absolute atomic E-state index is 13.0. The van der Waals surface area contributed by atoms with Crippen molar-refractivity contribution in [2.75, 3.05) is 29.1 Å². The molecule has 0 fully saturated rings. The zero-order valence-corrected chi connectivity index (χ0v) is 19.2. The lowest BCUT2D eigenvalue weighted by molar-refractivity contribution is -0.116. The number of fused-ring (bicyclic) bond motifs is 1. The fraction of sp³-hybridized carbons (Fsp3) is 0.250. The molecule has 3 aromatic rings. The van der Waals surface area contributed by atoms with Gasteiger partial charge in [-0.15, -0.1) is 0 Å². The van der Waals surface area contributed by atoms with Gasteiger partial charge in [-0.1, -0.05) is 12.1 Å². The number of sulfonamides is 1. The summed E-state index contributed by atoms with van der Waals surface area (Å²) in [5.74, 6) is 0.546. The van der Waals surface area contributed by atoms with Crippen LogP contribution in [0.25, 0.3) is 0 Å². The minimum absolute atomic E-state index is 0.331. The van der Waals surface area contributed by atoms with Crippen LogP contribution in [0.2, 0.25) is 0 Å². The predicted molar refractivity (Wildman–Crippen MR) is 126 cm³/mol. The largest absolute Gasteiger partial charge is 0.486 e. The molecule has 33 heavy (non-hydrogen) atoms. The van der Waals surface area contributed by atoms with Gasteiger partial charge in [-0.05, 0) is 60.9 Å². The van der Waals surface area contributed by atoms with Crippen LogP contribution in [0.15, 0.2) is 67.0 Å². The predicted octanol–water partition coefficient (Wildman–Crippen LogP) is 3.24. The Morgan fingerprint density at radius 3 is 2.30 bits per heavy atom. The molecule has 1 N–H and O–H groups in total. The molecule has 1 atom stereocenters. The number of hydrogen-bond donors (Lipinski definition) is 1. The van der Waals surface area contributed by atoms with Gasteiger partial charge < -0.3 is 14.8 Å². The van der Waals surface area contributed by atoms with Crippen LogP contribution in [0.5, 0.6) is 11.5 Å². The third-order valence-corrected chi connectivity index (χ3v) is 6.49. The van der Waals surface area contributed by atoms with Gasteiger partial charge in [0.1, 0.15) is 19.3 Å². The van der Waals surface area contributed by atoms with Gasteiger partial charge in [0.15, 0.2) is 11.5 Å². The molecule has 0 radical (unpaired) electrons. The Hall–Kier alpha value is -3.59. The van der Waals surface area contributed by atoms with E-state index in [9.17, 15) is 13.2 Å². The minimum Gasteiger partial charge on any atom is -0.486 e. The zero-order chi connectivity index (χ0) is 23.4. The van der Waals surface area contributed by atoms with Crippen molar-refractivity contribution >= 4 is 27.3 Å². The summed E-state index contributed by atoms with van der Waals surface area (Å²) in [7, 11) is -3.75. The van der Waals surface area contributed by atoms with E-state index in [-0.39, 0.29) is 0 Å². The molecule has 0 bridgehead atoms. The summed E-state index contributed by atoms with van der Waals surface area (Å²) in [5.41, 5.74) is 3.14. The van der Waals surface area contributed by atoms with E-state index in [1.54, 1.807) is 49.6 Å². The van der Waals surface area contributed by atoms with Crippen LogP contribution in [-0.4, -0.2) is 44.8 Å². The second kappa shape index (κ2) is 9.50. The lowest BCUT2D eigenvalue weighted by Crippen LogP contribution is -2.45. The molecule has 9 heteroatoms. The third-order valence-electron chi connectivity index (χ3n) is 5.25. The lowest BCUT2D eigenvalue weighted by Gasteiger charge is -2.29. The zero-order valence-electron chi connectivity index (χ0n) is 18.4. The van der Waals surface area contributed by atoms with Crippen molar-refractivity contribution in [2.45, 2.75) is 19.4 Å². The molecule has 1 aromatic heterocycles. The topological polar surface area (TPSA) is 97.8 Å². The first-order valence-electron chi connectivity index (χ1n) is 10.5. The fourth-order valence-corrected chi connectivity index (χ4v) is 4.83. The molecule has 1 unspecified atom stereocenters. The first-order valence-corrected chi connectivity index (χ1v) is 12.3. The number of pyridine rings is 1. The Labute approximate surface area is 193 Å². The highest BCUT2D eigenvalue weighted by Crippen LogP contribution is 2.35. The van der Waals surface area contributed by atoms with Crippen molar-refractivity contribution < 1.29 is 22.7 Å². The van der Waals surface area contributed by atoms with E-state index < -0.39 is 22.0 Å². The normalized spacial score (nSPS) is 13.8. The Bertz CT molecular complexity index is 1230. The number of nitrogens with zero attached hydrogens (tertiary/aromatic N) is 2. The van der Waals surface area contributed by atoms with E-state index >= 15 is 0 Å². The average Bonchev–Trinajstić information content (AvgIpc) is 2.80. The average molecular weight is 468 g/mol. The van der Waals surface area contributed by atoms with Gasteiger partial charge >= 0.3 is 0 Å². The number of anilines is 2. The highest BCUT2D eigenvalue weighted by Gasteiger charge is 2.30. The molecule has 1 amide bonds. The van der Waals surface area contributed by atoms with E-state index in [1.807, 2.05) is 24.3 Å². The molecule has 0 saturated heterocycles. The molecular weight excluding hydrogens is 442 g/mol. The van der Waals surface area contributed by atoms with E-state index in [0.29, 0.717) is 36.1 Å². The summed E-state index contributed by atoms with van der Waals surface area (Å²) in [6, 6.07) is 15.2. The van der Waals surface area contributed by atoms with E-state index in [2.05, 4.69) is 10.3 Å². The molecule has 2 aromatic carbocycles. The number of carbonyl (C=O) groups excluding carboxylic acids is 1. The third kappa shape index (κ3) is 5.43. The van der Waals surface area contributed by atoms with Gasteiger partial charge in [-0.25, -0.2) is 8.42 Å². The fourth-order valence-electron chi connectivity index (χ4n) is 3.67. The highest BCUT2D eigenvalue weighted by molar-refractivity contribution is 7.92. The molecule has 2 heterocycles. The number of amides is 1. The first kappa shape index (κ1) is 22.6. The van der Waals surface area contributed by atoms with Crippen molar-refractivity contribution in [3.8, 4) is 11.5 Å². The molecule has 4 rings (SSSR count). The van der Waals surface area contributed by atoms with Crippen molar-refractivity contribution in [1.82, 2.24) is 4.98 Å². The molecular formula is C24H25N3O5S. The summed E-state index contributed by atoms with van der Waals surface area (Å²) in [4.78, 5) is 17.0. The lowest BCUT2D eigenvalue weighted by atomic mass is 10.1. The number of rotatable bonds is 7. The standard InChI is InChI=1S/C24H25N3O5S/c1-17(27(33(2,29)30)21-7-8-22-23(16-21)32-14-13-31-22)24(28)26-20-5-3-18(4-6-20)15-19-9-11-25-12-10-19/h3-12,16-17H,13-15H2,1-2H3,(H,26,28). The quantitative estimate of drug-likeness (QED) is 0.573. The molecule has 0 spiro atoms. The summed E-state index contributed by atoms with van der Waals surface area (Å²) in [6.07, 6.45) is 5.32.